The minimum absolute atomic E-state index is 0.0117. The van der Waals surface area contributed by atoms with Gasteiger partial charge in [0.15, 0.2) is 17.6 Å². The van der Waals surface area contributed by atoms with E-state index in [2.05, 4.69) is 0 Å². The normalized spacial score (nSPS) is 15.2. The van der Waals surface area contributed by atoms with Gasteiger partial charge in [0.05, 0.1) is 0 Å². The van der Waals surface area contributed by atoms with Crippen LogP contribution in [0.3, 0.4) is 0 Å². The summed E-state index contributed by atoms with van der Waals surface area (Å²) in [7, 11) is -7.53. The molecule has 2 unspecified atom stereocenters. The van der Waals surface area contributed by atoms with Crippen LogP contribution in [0.5, 0.6) is 0 Å². The maximum atomic E-state index is 13.4. The summed E-state index contributed by atoms with van der Waals surface area (Å²) in [5.74, 6) is -9.15. The lowest BCUT2D eigenvalue weighted by Gasteiger charge is -2.25. The topological polar surface area (TPSA) is 0 Å². The molecule has 2 rings (SSSR count). The van der Waals surface area contributed by atoms with Crippen molar-refractivity contribution in [2.24, 2.45) is 0 Å². The van der Waals surface area contributed by atoms with E-state index in [-0.39, 0.29) is 10.4 Å². The molecule has 0 aliphatic rings. The molecule has 0 bridgehead atoms. The molecule has 0 heterocycles. The van der Waals surface area contributed by atoms with E-state index in [1.807, 2.05) is 0 Å². The lowest BCUT2D eigenvalue weighted by molar-refractivity contribution is -0.0530. The summed E-state index contributed by atoms with van der Waals surface area (Å²) in [4.78, 5) is 0. The van der Waals surface area contributed by atoms with Crippen molar-refractivity contribution in [3.63, 3.8) is 0 Å². The number of hydrogen-bond acceptors (Lipinski definition) is 0. The van der Waals surface area contributed by atoms with E-state index in [0.29, 0.717) is 0 Å². The van der Waals surface area contributed by atoms with Crippen molar-refractivity contribution >= 4 is 28.0 Å². The summed E-state index contributed by atoms with van der Waals surface area (Å²) in [5.41, 5.74) is -0.791. The molecule has 2 aromatic rings. The Labute approximate surface area is 133 Å². The molecule has 0 fully saturated rings. The average Bonchev–Trinajstić information content (AvgIpc) is 2.47. The molecular formula is C15H14F6Si2. The average molecular weight is 364 g/mol. The first-order chi connectivity index (χ1) is 10.7. The molecule has 0 spiro atoms. The van der Waals surface area contributed by atoms with Gasteiger partial charge in [0.2, 0.25) is 0 Å². The van der Waals surface area contributed by atoms with Crippen molar-refractivity contribution in [3.05, 3.63) is 60.7 Å². The summed E-state index contributed by atoms with van der Waals surface area (Å²) in [6, 6.07) is 14.0. The van der Waals surface area contributed by atoms with Crippen molar-refractivity contribution in [3.8, 4) is 0 Å². The highest BCUT2D eigenvalue weighted by molar-refractivity contribution is 6.91. The minimum Gasteiger partial charge on any atom is -0.177 e. The first kappa shape index (κ1) is 17.8. The third-order valence-electron chi connectivity index (χ3n) is 3.67. The molecule has 2 aromatic carbocycles. The number of rotatable bonds is 4. The van der Waals surface area contributed by atoms with Gasteiger partial charge in [0.25, 0.3) is 0 Å². The Kier molecular flexibility index (Phi) is 5.35. The first-order valence-corrected chi connectivity index (χ1v) is 10.9. The fourth-order valence-electron chi connectivity index (χ4n) is 2.52. The minimum atomic E-state index is -4.58. The second-order valence-corrected chi connectivity index (χ2v) is 12.0. The van der Waals surface area contributed by atoms with Crippen molar-refractivity contribution in [2.75, 3.05) is 0 Å². The summed E-state index contributed by atoms with van der Waals surface area (Å²) in [5, 5.41) is 0.0235. The van der Waals surface area contributed by atoms with Crippen molar-refractivity contribution < 1.29 is 26.3 Å². The van der Waals surface area contributed by atoms with Crippen LogP contribution in [0.4, 0.5) is 26.3 Å². The van der Waals surface area contributed by atoms with Crippen LogP contribution in [0.15, 0.2) is 60.7 Å². The molecule has 124 valence electrons. The van der Waals surface area contributed by atoms with Gasteiger partial charge >= 0.3 is 11.6 Å². The molecule has 0 saturated carbocycles. The van der Waals surface area contributed by atoms with Gasteiger partial charge in [-0.15, -0.1) is 0 Å². The zero-order valence-corrected chi connectivity index (χ0v) is 14.2. The van der Waals surface area contributed by atoms with Crippen LogP contribution in [0, 0.1) is 0 Å². The zero-order chi connectivity index (χ0) is 17.1. The Bertz CT molecular complexity index is 554. The van der Waals surface area contributed by atoms with Gasteiger partial charge in [0, 0.05) is 0 Å². The fraction of sp³-hybridized carbons (Fsp3) is 0.200. The first-order valence-electron chi connectivity index (χ1n) is 6.93. The van der Waals surface area contributed by atoms with Crippen LogP contribution in [-0.4, -0.2) is 29.2 Å². The van der Waals surface area contributed by atoms with Gasteiger partial charge in [-0.1, -0.05) is 71.0 Å². The lowest BCUT2D eigenvalue weighted by atomic mass is 10.4. The Balaban J connectivity index is 2.39. The molecule has 23 heavy (non-hydrogen) atoms. The maximum absolute atomic E-state index is 13.4. The molecular weight excluding hydrogens is 350 g/mol. The van der Waals surface area contributed by atoms with Gasteiger partial charge in [0.1, 0.15) is 0 Å². The number of halogens is 6. The van der Waals surface area contributed by atoms with Gasteiger partial charge in [-0.25, -0.2) is 0 Å². The van der Waals surface area contributed by atoms with Crippen molar-refractivity contribution in [1.29, 1.82) is 0 Å². The predicted molar refractivity (Wildman–Crippen MR) is 83.4 cm³/mol. The SMILES string of the molecule is FC(F)(F)[SiH](C[SiH](c1ccccc1)C(F)(F)F)c1ccccc1. The number of benzene rings is 2. The molecule has 0 N–H and O–H groups in total. The highest BCUT2D eigenvalue weighted by atomic mass is 28.3. The molecule has 0 saturated heterocycles. The van der Waals surface area contributed by atoms with Crippen molar-refractivity contribution in [2.45, 2.75) is 17.3 Å². The molecule has 0 aromatic heterocycles. The van der Waals surface area contributed by atoms with E-state index in [4.69, 9.17) is 0 Å². The lowest BCUT2D eigenvalue weighted by Crippen LogP contribution is -2.55. The third kappa shape index (κ3) is 4.71. The Hall–Kier alpha value is -1.55. The van der Waals surface area contributed by atoms with E-state index in [9.17, 15) is 26.3 Å². The predicted octanol–water partition coefficient (Wildman–Crippen LogP) is 3.00. The van der Waals surface area contributed by atoms with Gasteiger partial charge in [-0.3, -0.25) is 0 Å². The molecule has 2 atom stereocenters. The monoisotopic (exact) mass is 364 g/mol. The Morgan fingerprint density at radius 2 is 0.870 bits per heavy atom. The Morgan fingerprint density at radius 1 is 0.565 bits per heavy atom. The third-order valence-corrected chi connectivity index (χ3v) is 11.4. The summed E-state index contributed by atoms with van der Waals surface area (Å²) in [6.07, 6.45) is 0. The summed E-state index contributed by atoms with van der Waals surface area (Å²) in [6.45, 7) is 0. The smallest absolute Gasteiger partial charge is 0.177 e. The molecule has 0 aliphatic heterocycles. The Morgan fingerprint density at radius 3 is 1.13 bits per heavy atom. The van der Waals surface area contributed by atoms with E-state index in [1.54, 1.807) is 12.1 Å². The molecule has 0 radical (unpaired) electrons. The van der Waals surface area contributed by atoms with E-state index < -0.39 is 34.9 Å². The van der Waals surface area contributed by atoms with Gasteiger partial charge in [-0.2, -0.15) is 26.3 Å². The van der Waals surface area contributed by atoms with Crippen LogP contribution in [0.2, 0.25) is 5.67 Å². The van der Waals surface area contributed by atoms with Gasteiger partial charge < -0.3 is 0 Å². The van der Waals surface area contributed by atoms with Gasteiger partial charge in [-0.05, 0) is 5.67 Å². The van der Waals surface area contributed by atoms with Crippen LogP contribution in [-0.2, 0) is 0 Å². The molecule has 0 aliphatic carbocycles. The molecule has 8 heteroatoms. The second-order valence-electron chi connectivity index (χ2n) is 5.25. The van der Waals surface area contributed by atoms with Crippen LogP contribution >= 0.6 is 0 Å². The molecule has 0 amide bonds. The maximum Gasteiger partial charge on any atom is 0.362 e. The summed E-state index contributed by atoms with van der Waals surface area (Å²) >= 11 is 0. The second kappa shape index (κ2) is 6.92. The number of alkyl halides is 6. The zero-order valence-electron chi connectivity index (χ0n) is 11.9. The summed E-state index contributed by atoms with van der Waals surface area (Å²) < 4.78 is 80.3. The van der Waals surface area contributed by atoms with E-state index in [1.165, 1.54) is 48.5 Å². The highest BCUT2D eigenvalue weighted by Crippen LogP contribution is 2.28. The van der Waals surface area contributed by atoms with E-state index in [0.717, 1.165) is 0 Å². The van der Waals surface area contributed by atoms with Crippen LogP contribution < -0.4 is 10.4 Å². The van der Waals surface area contributed by atoms with Crippen molar-refractivity contribution in [1.82, 2.24) is 0 Å². The van der Waals surface area contributed by atoms with Crippen LogP contribution in [0.25, 0.3) is 0 Å². The van der Waals surface area contributed by atoms with E-state index >= 15 is 0 Å². The number of hydrogen-bond donors (Lipinski definition) is 0. The molecule has 0 nitrogen and oxygen atoms in total. The highest BCUT2D eigenvalue weighted by Gasteiger charge is 2.50. The largest absolute Gasteiger partial charge is 0.362 e. The fourth-order valence-corrected chi connectivity index (χ4v) is 10.9. The van der Waals surface area contributed by atoms with Crippen LogP contribution in [0.1, 0.15) is 0 Å². The standard InChI is InChI=1S/C15H14F6Si2/c16-14(17,18)22(12-7-3-1-4-8-12)11-23(15(19,20)21)13-9-5-2-6-10-13/h1-10,22-23H,11H2. The quantitative estimate of drug-likeness (QED) is 0.578.